The highest BCUT2D eigenvalue weighted by Crippen LogP contribution is 2.22. The highest BCUT2D eigenvalue weighted by molar-refractivity contribution is 9.10. The lowest BCUT2D eigenvalue weighted by molar-refractivity contribution is -0.118. The molecule has 96 valence electrons. The Bertz CT molecular complexity index is 582. The molecule has 2 N–H and O–H groups in total. The second-order valence-corrected chi connectivity index (χ2v) is 5.20. The van der Waals surface area contributed by atoms with Gasteiger partial charge in [-0.3, -0.25) is 4.79 Å². The van der Waals surface area contributed by atoms with Gasteiger partial charge in [0.15, 0.2) is 0 Å². The van der Waals surface area contributed by atoms with Crippen molar-refractivity contribution in [1.82, 2.24) is 9.55 Å². The van der Waals surface area contributed by atoms with E-state index in [0.29, 0.717) is 25.3 Å². The maximum atomic E-state index is 10.8. The summed E-state index contributed by atoms with van der Waals surface area (Å²) in [5.74, 6) is 0.880. The van der Waals surface area contributed by atoms with Crippen molar-refractivity contribution < 1.29 is 4.79 Å². The zero-order valence-corrected chi connectivity index (χ0v) is 12.0. The van der Waals surface area contributed by atoms with Crippen molar-refractivity contribution >= 4 is 44.5 Å². The van der Waals surface area contributed by atoms with E-state index in [4.69, 9.17) is 17.3 Å². The van der Waals surface area contributed by atoms with Gasteiger partial charge in [-0.05, 0) is 24.6 Å². The molecular formula is C12H13BrClN3O. The number of aryl methyl sites for hydroxylation is 1. The number of hydrogen-bond donors (Lipinski definition) is 1. The second-order valence-electron chi connectivity index (χ2n) is 4.02. The lowest BCUT2D eigenvalue weighted by Gasteiger charge is -2.06. The zero-order chi connectivity index (χ0) is 13.1. The third-order valence-electron chi connectivity index (χ3n) is 2.71. The number of halogens is 2. The van der Waals surface area contributed by atoms with E-state index in [-0.39, 0.29) is 5.91 Å². The molecule has 4 nitrogen and oxygen atoms in total. The summed E-state index contributed by atoms with van der Waals surface area (Å²) in [6, 6.07) is 5.89. The van der Waals surface area contributed by atoms with Crippen molar-refractivity contribution in [1.29, 1.82) is 0 Å². The molecule has 0 atom stereocenters. The van der Waals surface area contributed by atoms with Gasteiger partial charge in [-0.25, -0.2) is 4.98 Å². The third kappa shape index (κ3) is 2.84. The van der Waals surface area contributed by atoms with Crippen LogP contribution < -0.4 is 5.73 Å². The fourth-order valence-electron chi connectivity index (χ4n) is 1.91. The van der Waals surface area contributed by atoms with Crippen molar-refractivity contribution in [3.63, 3.8) is 0 Å². The topological polar surface area (TPSA) is 60.9 Å². The molecule has 1 amide bonds. The molecule has 0 aliphatic carbocycles. The number of aromatic nitrogens is 2. The predicted molar refractivity (Wildman–Crippen MR) is 75.4 cm³/mol. The van der Waals surface area contributed by atoms with E-state index in [9.17, 15) is 4.79 Å². The minimum absolute atomic E-state index is 0.284. The third-order valence-corrected chi connectivity index (χ3v) is 3.45. The molecule has 0 saturated heterocycles. The summed E-state index contributed by atoms with van der Waals surface area (Å²) >= 11 is 9.34. The fourth-order valence-corrected chi connectivity index (χ4v) is 2.46. The van der Waals surface area contributed by atoms with Crippen molar-refractivity contribution in [3.8, 4) is 0 Å². The van der Waals surface area contributed by atoms with Crippen LogP contribution in [0.25, 0.3) is 11.0 Å². The molecule has 0 bridgehead atoms. The Kier molecular flexibility index (Phi) is 4.24. The van der Waals surface area contributed by atoms with Gasteiger partial charge in [0.1, 0.15) is 5.82 Å². The van der Waals surface area contributed by atoms with Gasteiger partial charge in [0.25, 0.3) is 0 Å². The molecule has 1 aromatic carbocycles. The van der Waals surface area contributed by atoms with E-state index in [0.717, 1.165) is 21.3 Å². The number of primary amides is 1. The predicted octanol–water partition coefficient (Wildman–Crippen LogP) is 2.80. The van der Waals surface area contributed by atoms with Crippen molar-refractivity contribution in [2.45, 2.75) is 25.3 Å². The lowest BCUT2D eigenvalue weighted by Crippen LogP contribution is -2.12. The minimum Gasteiger partial charge on any atom is -0.370 e. The van der Waals surface area contributed by atoms with E-state index in [1.165, 1.54) is 0 Å². The second kappa shape index (κ2) is 5.71. The molecule has 1 heterocycles. The molecule has 0 unspecified atom stereocenters. The van der Waals surface area contributed by atoms with Gasteiger partial charge < -0.3 is 10.3 Å². The van der Waals surface area contributed by atoms with Crippen molar-refractivity contribution in [2.24, 2.45) is 5.73 Å². The van der Waals surface area contributed by atoms with Crippen LogP contribution in [-0.2, 0) is 17.2 Å². The van der Waals surface area contributed by atoms with Crippen LogP contribution in [0.3, 0.4) is 0 Å². The number of alkyl halides is 1. The van der Waals surface area contributed by atoms with E-state index in [2.05, 4.69) is 20.9 Å². The maximum Gasteiger partial charge on any atom is 0.217 e. The summed E-state index contributed by atoms with van der Waals surface area (Å²) in [5.41, 5.74) is 7.07. The molecule has 0 radical (unpaired) electrons. The average Bonchev–Trinajstić information content (AvgIpc) is 2.66. The molecule has 1 aromatic heterocycles. The molecule has 0 fully saturated rings. The van der Waals surface area contributed by atoms with Crippen LogP contribution in [-0.4, -0.2) is 15.5 Å². The Labute approximate surface area is 118 Å². The quantitative estimate of drug-likeness (QED) is 0.857. The first-order valence-corrected chi connectivity index (χ1v) is 6.93. The Morgan fingerprint density at radius 2 is 2.28 bits per heavy atom. The van der Waals surface area contributed by atoms with Gasteiger partial charge in [-0.15, -0.1) is 11.6 Å². The molecule has 0 aliphatic heterocycles. The van der Waals surface area contributed by atoms with Crippen LogP contribution in [0.1, 0.15) is 18.7 Å². The molecule has 2 rings (SSSR count). The highest BCUT2D eigenvalue weighted by Gasteiger charge is 2.10. The van der Waals surface area contributed by atoms with Crippen LogP contribution in [0.5, 0.6) is 0 Å². The van der Waals surface area contributed by atoms with Gasteiger partial charge >= 0.3 is 0 Å². The Morgan fingerprint density at radius 3 is 2.94 bits per heavy atom. The van der Waals surface area contributed by atoms with E-state index < -0.39 is 0 Å². The summed E-state index contributed by atoms with van der Waals surface area (Å²) in [4.78, 5) is 15.2. The van der Waals surface area contributed by atoms with Crippen LogP contribution >= 0.6 is 27.5 Å². The number of rotatable bonds is 5. The Balaban J connectivity index is 2.33. The number of nitrogens with zero attached hydrogens (tertiary/aromatic N) is 2. The maximum absolute atomic E-state index is 10.8. The number of imidazole rings is 1. The van der Waals surface area contributed by atoms with Gasteiger partial charge in [-0.1, -0.05) is 15.9 Å². The molecule has 0 saturated carbocycles. The molecule has 18 heavy (non-hydrogen) atoms. The zero-order valence-electron chi connectivity index (χ0n) is 9.70. The number of amides is 1. The van der Waals surface area contributed by atoms with E-state index >= 15 is 0 Å². The first-order valence-electron chi connectivity index (χ1n) is 5.60. The van der Waals surface area contributed by atoms with Gasteiger partial charge in [0.05, 0.1) is 16.9 Å². The van der Waals surface area contributed by atoms with Crippen LogP contribution in [0, 0.1) is 0 Å². The number of fused-ring (bicyclic) bond motifs is 1. The first kappa shape index (κ1) is 13.4. The molecule has 6 heteroatoms. The summed E-state index contributed by atoms with van der Waals surface area (Å²) in [5, 5.41) is 0. The Hall–Kier alpha value is -1.07. The van der Waals surface area contributed by atoms with Crippen LogP contribution in [0.15, 0.2) is 22.7 Å². The van der Waals surface area contributed by atoms with Gasteiger partial charge in [0, 0.05) is 17.4 Å². The summed E-state index contributed by atoms with van der Waals surface area (Å²) in [6.45, 7) is 0.692. The SMILES string of the molecule is NC(=O)CCCn1c(CCl)nc2ccc(Br)cc21. The smallest absolute Gasteiger partial charge is 0.217 e. The highest BCUT2D eigenvalue weighted by atomic mass is 79.9. The van der Waals surface area contributed by atoms with E-state index in [1.807, 2.05) is 22.8 Å². The average molecular weight is 331 g/mol. The standard InChI is InChI=1S/C12H13BrClN3O/c13-8-3-4-9-10(6-8)17(12(7-14)16-9)5-1-2-11(15)18/h3-4,6H,1-2,5,7H2,(H2,15,18). The number of hydrogen-bond acceptors (Lipinski definition) is 2. The first-order chi connectivity index (χ1) is 8.61. The molecule has 2 aromatic rings. The van der Waals surface area contributed by atoms with Crippen LogP contribution in [0.4, 0.5) is 0 Å². The van der Waals surface area contributed by atoms with Crippen molar-refractivity contribution in [3.05, 3.63) is 28.5 Å². The lowest BCUT2D eigenvalue weighted by atomic mass is 10.3. The molecular weight excluding hydrogens is 318 g/mol. The summed E-state index contributed by atoms with van der Waals surface area (Å²) < 4.78 is 3.03. The van der Waals surface area contributed by atoms with Gasteiger partial charge in [0.2, 0.25) is 5.91 Å². The molecule has 0 aliphatic rings. The number of carbonyl (C=O) groups excluding carboxylic acids is 1. The van der Waals surface area contributed by atoms with Gasteiger partial charge in [-0.2, -0.15) is 0 Å². The fraction of sp³-hybridized carbons (Fsp3) is 0.333. The number of nitrogens with two attached hydrogens (primary N) is 1. The van der Waals surface area contributed by atoms with Crippen LogP contribution in [0.2, 0.25) is 0 Å². The summed E-state index contributed by atoms with van der Waals surface area (Å²) in [7, 11) is 0. The normalized spacial score (nSPS) is 11.0. The Morgan fingerprint density at radius 1 is 1.50 bits per heavy atom. The number of benzene rings is 1. The monoisotopic (exact) mass is 329 g/mol. The minimum atomic E-state index is -0.284. The number of carbonyl (C=O) groups is 1. The van der Waals surface area contributed by atoms with Crippen molar-refractivity contribution in [2.75, 3.05) is 0 Å². The summed E-state index contributed by atoms with van der Waals surface area (Å²) in [6.07, 6.45) is 1.06. The largest absolute Gasteiger partial charge is 0.370 e. The van der Waals surface area contributed by atoms with E-state index in [1.54, 1.807) is 0 Å². The molecule has 0 spiro atoms.